The third kappa shape index (κ3) is 3.95. The van der Waals surface area contributed by atoms with Gasteiger partial charge in [-0.15, -0.1) is 0 Å². The molecule has 110 valence electrons. The first-order valence-electron chi connectivity index (χ1n) is 7.01. The molecule has 3 atom stereocenters. The molecule has 0 unspecified atom stereocenters. The van der Waals surface area contributed by atoms with E-state index < -0.39 is 18.1 Å². The van der Waals surface area contributed by atoms with Crippen LogP contribution >= 0.6 is 0 Å². The van der Waals surface area contributed by atoms with Crippen molar-refractivity contribution in [1.29, 1.82) is 0 Å². The number of hydrogen-bond acceptors (Lipinski definition) is 4. The van der Waals surface area contributed by atoms with E-state index in [1.807, 2.05) is 0 Å². The molecule has 1 aromatic rings. The number of carbonyl (C=O) groups is 1. The van der Waals surface area contributed by atoms with Gasteiger partial charge in [-0.1, -0.05) is 25.0 Å². The van der Waals surface area contributed by atoms with Crippen LogP contribution in [0.25, 0.3) is 0 Å². The van der Waals surface area contributed by atoms with Crippen molar-refractivity contribution in [2.24, 2.45) is 0 Å². The Hall–Kier alpha value is -1.59. The average Bonchev–Trinajstić information content (AvgIpc) is 2.42. The SMILES string of the molecule is O=C(O)[C@H](Cc1ccc(O)cc1)N[C@H]1CCCC[C@H]1O. The van der Waals surface area contributed by atoms with Gasteiger partial charge in [0.1, 0.15) is 11.8 Å². The number of phenolic OH excluding ortho intramolecular Hbond substituents is 1. The molecule has 1 aliphatic carbocycles. The van der Waals surface area contributed by atoms with Gasteiger partial charge < -0.3 is 15.3 Å². The van der Waals surface area contributed by atoms with E-state index in [-0.39, 0.29) is 11.8 Å². The molecule has 4 N–H and O–H groups in total. The van der Waals surface area contributed by atoms with Crippen LogP contribution in [0, 0.1) is 0 Å². The number of rotatable bonds is 5. The fraction of sp³-hybridized carbons (Fsp3) is 0.533. The standard InChI is InChI=1S/C15H21NO4/c17-11-7-5-10(6-8-11)9-13(15(19)20)16-12-3-1-2-4-14(12)18/h5-8,12-14,16-18H,1-4,9H2,(H,19,20)/t12-,13-,14+/m0/s1. The van der Waals surface area contributed by atoms with Crippen LogP contribution < -0.4 is 5.32 Å². The van der Waals surface area contributed by atoms with Gasteiger partial charge in [0, 0.05) is 6.04 Å². The van der Waals surface area contributed by atoms with Crippen molar-refractivity contribution in [3.05, 3.63) is 29.8 Å². The number of carboxylic acids is 1. The maximum Gasteiger partial charge on any atom is 0.321 e. The smallest absolute Gasteiger partial charge is 0.321 e. The number of aliphatic hydroxyl groups is 1. The molecular formula is C15H21NO4. The summed E-state index contributed by atoms with van der Waals surface area (Å²) in [5, 5.41) is 31.5. The van der Waals surface area contributed by atoms with Crippen LogP contribution in [0.15, 0.2) is 24.3 Å². The maximum absolute atomic E-state index is 11.4. The quantitative estimate of drug-likeness (QED) is 0.652. The lowest BCUT2D eigenvalue weighted by atomic mass is 9.91. The van der Waals surface area contributed by atoms with E-state index in [0.29, 0.717) is 6.42 Å². The number of aliphatic carboxylic acids is 1. The highest BCUT2D eigenvalue weighted by Gasteiger charge is 2.28. The molecule has 0 radical (unpaired) electrons. The first-order chi connectivity index (χ1) is 9.56. The zero-order valence-electron chi connectivity index (χ0n) is 11.3. The lowest BCUT2D eigenvalue weighted by Gasteiger charge is -2.31. The number of nitrogens with one attached hydrogen (secondary N) is 1. The molecule has 1 fully saturated rings. The molecule has 0 spiro atoms. The average molecular weight is 279 g/mol. The summed E-state index contributed by atoms with van der Waals surface area (Å²) in [6.07, 6.45) is 3.41. The Morgan fingerprint density at radius 2 is 1.90 bits per heavy atom. The molecule has 5 heteroatoms. The number of phenols is 1. The number of hydrogen-bond donors (Lipinski definition) is 4. The third-order valence-corrected chi connectivity index (χ3v) is 3.82. The van der Waals surface area contributed by atoms with Gasteiger partial charge >= 0.3 is 5.97 Å². The molecule has 0 amide bonds. The monoisotopic (exact) mass is 279 g/mol. The minimum Gasteiger partial charge on any atom is -0.508 e. The van der Waals surface area contributed by atoms with Gasteiger partial charge in [-0.3, -0.25) is 10.1 Å². The summed E-state index contributed by atoms with van der Waals surface area (Å²) in [7, 11) is 0. The second-order valence-corrected chi connectivity index (χ2v) is 5.39. The van der Waals surface area contributed by atoms with Gasteiger partial charge in [0.05, 0.1) is 6.10 Å². The third-order valence-electron chi connectivity index (χ3n) is 3.82. The van der Waals surface area contributed by atoms with E-state index >= 15 is 0 Å². The van der Waals surface area contributed by atoms with Gasteiger partial charge in [-0.25, -0.2) is 0 Å². The van der Waals surface area contributed by atoms with Gasteiger partial charge in [-0.05, 0) is 37.0 Å². The number of carboxylic acid groups (broad SMARTS) is 1. The van der Waals surface area contributed by atoms with E-state index in [2.05, 4.69) is 5.32 Å². The minimum absolute atomic E-state index is 0.151. The first kappa shape index (κ1) is 14.8. The summed E-state index contributed by atoms with van der Waals surface area (Å²) in [6.45, 7) is 0. The Balaban J connectivity index is 1.99. The zero-order valence-corrected chi connectivity index (χ0v) is 11.3. The molecule has 20 heavy (non-hydrogen) atoms. The molecule has 1 saturated carbocycles. The van der Waals surface area contributed by atoms with E-state index in [1.165, 1.54) is 0 Å². The molecule has 0 aliphatic heterocycles. The molecule has 2 rings (SSSR count). The molecule has 0 bridgehead atoms. The van der Waals surface area contributed by atoms with Crippen LogP contribution in [0.2, 0.25) is 0 Å². The lowest BCUT2D eigenvalue weighted by Crippen LogP contribution is -2.50. The Morgan fingerprint density at radius 3 is 2.50 bits per heavy atom. The van der Waals surface area contributed by atoms with Crippen molar-refractivity contribution in [3.63, 3.8) is 0 Å². The second-order valence-electron chi connectivity index (χ2n) is 5.39. The molecule has 5 nitrogen and oxygen atoms in total. The van der Waals surface area contributed by atoms with E-state index in [4.69, 9.17) is 0 Å². The topological polar surface area (TPSA) is 89.8 Å². The molecular weight excluding hydrogens is 258 g/mol. The Labute approximate surface area is 118 Å². The van der Waals surface area contributed by atoms with Crippen LogP contribution in [-0.4, -0.2) is 39.5 Å². The van der Waals surface area contributed by atoms with Crippen molar-refractivity contribution in [2.75, 3.05) is 0 Å². The van der Waals surface area contributed by atoms with E-state index in [0.717, 1.165) is 31.2 Å². The first-order valence-corrected chi connectivity index (χ1v) is 7.01. The molecule has 1 aromatic carbocycles. The minimum atomic E-state index is -0.921. The Bertz CT molecular complexity index is 446. The predicted molar refractivity (Wildman–Crippen MR) is 74.6 cm³/mol. The predicted octanol–water partition coefficient (Wildman–Crippen LogP) is 1.28. The fourth-order valence-electron chi connectivity index (χ4n) is 2.65. The highest BCUT2D eigenvalue weighted by Crippen LogP contribution is 2.19. The Kier molecular flexibility index (Phi) is 4.98. The molecule has 1 aliphatic rings. The van der Waals surface area contributed by atoms with Crippen LogP contribution in [0.5, 0.6) is 5.75 Å². The summed E-state index contributed by atoms with van der Waals surface area (Å²) in [6, 6.07) is 5.64. The van der Waals surface area contributed by atoms with Gasteiger partial charge in [0.2, 0.25) is 0 Å². The second kappa shape index (κ2) is 6.72. The fourth-order valence-corrected chi connectivity index (χ4v) is 2.65. The van der Waals surface area contributed by atoms with Gasteiger partial charge in [-0.2, -0.15) is 0 Å². The van der Waals surface area contributed by atoms with Gasteiger partial charge in [0.25, 0.3) is 0 Å². The highest BCUT2D eigenvalue weighted by molar-refractivity contribution is 5.74. The number of aromatic hydroxyl groups is 1. The summed E-state index contributed by atoms with van der Waals surface area (Å²) < 4.78 is 0. The van der Waals surface area contributed by atoms with Crippen molar-refractivity contribution < 1.29 is 20.1 Å². The van der Waals surface area contributed by atoms with Crippen molar-refractivity contribution in [2.45, 2.75) is 50.3 Å². The molecule has 0 heterocycles. The van der Waals surface area contributed by atoms with Crippen molar-refractivity contribution in [3.8, 4) is 5.75 Å². The van der Waals surface area contributed by atoms with Gasteiger partial charge in [0.15, 0.2) is 0 Å². The molecule has 0 saturated heterocycles. The molecule has 0 aromatic heterocycles. The van der Waals surface area contributed by atoms with Crippen LogP contribution in [0.4, 0.5) is 0 Å². The zero-order chi connectivity index (χ0) is 14.5. The van der Waals surface area contributed by atoms with Crippen molar-refractivity contribution in [1.82, 2.24) is 5.32 Å². The summed E-state index contributed by atoms with van der Waals surface area (Å²) in [4.78, 5) is 11.4. The van der Waals surface area contributed by atoms with E-state index in [9.17, 15) is 20.1 Å². The maximum atomic E-state index is 11.4. The normalized spacial score (nSPS) is 24.2. The summed E-state index contributed by atoms with van der Waals surface area (Å²) >= 11 is 0. The number of aliphatic hydroxyl groups excluding tert-OH is 1. The number of benzene rings is 1. The van der Waals surface area contributed by atoms with Crippen molar-refractivity contribution >= 4 is 5.97 Å². The lowest BCUT2D eigenvalue weighted by molar-refractivity contribution is -0.140. The van der Waals surface area contributed by atoms with Crippen LogP contribution in [0.1, 0.15) is 31.2 Å². The van der Waals surface area contributed by atoms with Crippen LogP contribution in [0.3, 0.4) is 0 Å². The summed E-state index contributed by atoms with van der Waals surface area (Å²) in [5.74, 6) is -0.757. The largest absolute Gasteiger partial charge is 0.508 e. The van der Waals surface area contributed by atoms with E-state index in [1.54, 1.807) is 24.3 Å². The van der Waals surface area contributed by atoms with Crippen LogP contribution in [-0.2, 0) is 11.2 Å². The summed E-state index contributed by atoms with van der Waals surface area (Å²) in [5.41, 5.74) is 0.841. The Morgan fingerprint density at radius 1 is 1.25 bits per heavy atom. The highest BCUT2D eigenvalue weighted by atomic mass is 16.4.